The average Bonchev–Trinajstić information content (AvgIpc) is 2.73. The van der Waals surface area contributed by atoms with E-state index in [2.05, 4.69) is 4.98 Å². The number of aliphatic carboxylic acids is 1. The Morgan fingerprint density at radius 1 is 1.55 bits per heavy atom. The smallest absolute Gasteiger partial charge is 0.346 e. The van der Waals surface area contributed by atoms with E-state index >= 15 is 0 Å². The molecule has 0 aromatic carbocycles. The van der Waals surface area contributed by atoms with Gasteiger partial charge in [0.15, 0.2) is 5.65 Å². The number of nitriles is 1. The predicted octanol–water partition coefficient (Wildman–Crippen LogP) is 3.42. The van der Waals surface area contributed by atoms with E-state index in [1.54, 1.807) is 19.9 Å². The van der Waals surface area contributed by atoms with Crippen molar-refractivity contribution in [2.24, 2.45) is 0 Å². The lowest BCUT2D eigenvalue weighted by molar-refractivity contribution is -0.132. The Labute approximate surface area is 136 Å². The fourth-order valence-electron chi connectivity index (χ4n) is 1.79. The summed E-state index contributed by atoms with van der Waals surface area (Å²) in [6.45, 7) is 3.60. The summed E-state index contributed by atoms with van der Waals surface area (Å²) in [4.78, 5) is 15.3. The second kappa shape index (κ2) is 6.26. The Bertz CT molecular complexity index is 819. The van der Waals surface area contributed by atoms with E-state index in [0.29, 0.717) is 10.7 Å². The van der Waals surface area contributed by atoms with Crippen LogP contribution in [0.2, 0.25) is 10.0 Å². The van der Waals surface area contributed by atoms with Gasteiger partial charge in [0.2, 0.25) is 5.88 Å². The molecule has 1 N–H and O–H groups in total. The average molecular weight is 340 g/mol. The molecule has 114 valence electrons. The first-order chi connectivity index (χ1) is 10.3. The van der Waals surface area contributed by atoms with Gasteiger partial charge in [-0.1, -0.05) is 23.2 Å². The van der Waals surface area contributed by atoms with Crippen LogP contribution >= 0.6 is 23.2 Å². The van der Waals surface area contributed by atoms with Crippen molar-refractivity contribution in [1.29, 1.82) is 5.26 Å². The van der Waals surface area contributed by atoms with E-state index in [-0.39, 0.29) is 22.7 Å². The standard InChI is InChI=1S/C14H11Cl2N3O3/c1-7(2)22-13-11(3-8(5-17)14(20)21)19-6-9(15)4-10(16)12(19)18-13/h3-4,6-7H,1-2H3,(H,20,21)/b8-3+. The largest absolute Gasteiger partial charge is 0.477 e. The van der Waals surface area contributed by atoms with Crippen LogP contribution in [0.3, 0.4) is 0 Å². The summed E-state index contributed by atoms with van der Waals surface area (Å²) in [6.07, 6.45) is 2.50. The first-order valence-electron chi connectivity index (χ1n) is 6.22. The van der Waals surface area contributed by atoms with Gasteiger partial charge in [0.1, 0.15) is 17.3 Å². The van der Waals surface area contributed by atoms with Gasteiger partial charge in [-0.15, -0.1) is 0 Å². The zero-order chi connectivity index (χ0) is 16.4. The number of nitrogens with zero attached hydrogens (tertiary/aromatic N) is 3. The Balaban J connectivity index is 2.78. The summed E-state index contributed by atoms with van der Waals surface area (Å²) >= 11 is 12.1. The van der Waals surface area contributed by atoms with Crippen molar-refractivity contribution in [2.45, 2.75) is 20.0 Å². The molecule has 0 saturated carbocycles. The number of carbonyl (C=O) groups is 1. The van der Waals surface area contributed by atoms with Gasteiger partial charge in [-0.05, 0) is 26.0 Å². The Kier molecular flexibility index (Phi) is 4.59. The van der Waals surface area contributed by atoms with Gasteiger partial charge in [-0.3, -0.25) is 4.40 Å². The topological polar surface area (TPSA) is 87.6 Å². The zero-order valence-corrected chi connectivity index (χ0v) is 13.2. The number of carboxylic acid groups (broad SMARTS) is 1. The highest BCUT2D eigenvalue weighted by Gasteiger charge is 2.18. The second-order valence-corrected chi connectivity index (χ2v) is 5.49. The molecule has 0 bridgehead atoms. The quantitative estimate of drug-likeness (QED) is 0.681. The van der Waals surface area contributed by atoms with Crippen LogP contribution in [0.5, 0.6) is 5.88 Å². The number of imidazole rings is 1. The van der Waals surface area contributed by atoms with Gasteiger partial charge in [0.05, 0.1) is 16.1 Å². The molecule has 0 aliphatic heterocycles. The fourth-order valence-corrected chi connectivity index (χ4v) is 2.30. The molecule has 0 amide bonds. The molecule has 0 fully saturated rings. The van der Waals surface area contributed by atoms with Gasteiger partial charge < -0.3 is 9.84 Å². The monoisotopic (exact) mass is 339 g/mol. The van der Waals surface area contributed by atoms with Crippen LogP contribution in [0.15, 0.2) is 17.8 Å². The van der Waals surface area contributed by atoms with E-state index in [0.717, 1.165) is 0 Å². The highest BCUT2D eigenvalue weighted by atomic mass is 35.5. The van der Waals surface area contributed by atoms with Crippen LogP contribution in [0.25, 0.3) is 11.7 Å². The van der Waals surface area contributed by atoms with Crippen molar-refractivity contribution >= 4 is 40.9 Å². The molecule has 22 heavy (non-hydrogen) atoms. The summed E-state index contributed by atoms with van der Waals surface area (Å²) in [6, 6.07) is 3.13. The molecule has 0 unspecified atom stereocenters. The molecule has 0 saturated heterocycles. The Morgan fingerprint density at radius 3 is 2.77 bits per heavy atom. The van der Waals surface area contributed by atoms with Gasteiger partial charge >= 0.3 is 5.97 Å². The van der Waals surface area contributed by atoms with E-state index in [9.17, 15) is 4.79 Å². The van der Waals surface area contributed by atoms with Crippen molar-refractivity contribution in [2.75, 3.05) is 0 Å². The third-order valence-corrected chi connectivity index (χ3v) is 3.11. The predicted molar refractivity (Wildman–Crippen MR) is 82.2 cm³/mol. The maximum absolute atomic E-state index is 11.0. The SMILES string of the molecule is CC(C)Oc1nc2c(Cl)cc(Cl)cn2c1/C=C(\C#N)C(=O)O. The van der Waals surface area contributed by atoms with Crippen molar-refractivity contribution in [3.05, 3.63) is 33.6 Å². The first-order valence-corrected chi connectivity index (χ1v) is 6.98. The van der Waals surface area contributed by atoms with Crippen molar-refractivity contribution in [1.82, 2.24) is 9.38 Å². The van der Waals surface area contributed by atoms with Crippen molar-refractivity contribution in [3.63, 3.8) is 0 Å². The summed E-state index contributed by atoms with van der Waals surface area (Å²) in [7, 11) is 0. The van der Waals surface area contributed by atoms with Crippen LogP contribution in [0, 0.1) is 11.3 Å². The molecule has 0 aliphatic rings. The minimum absolute atomic E-state index is 0.174. The minimum Gasteiger partial charge on any atom is -0.477 e. The molecular weight excluding hydrogens is 329 g/mol. The molecule has 2 aromatic rings. The number of rotatable bonds is 4. The van der Waals surface area contributed by atoms with Gasteiger partial charge in [-0.25, -0.2) is 4.79 Å². The third kappa shape index (κ3) is 3.16. The van der Waals surface area contributed by atoms with E-state index in [4.69, 9.17) is 38.3 Å². The Hall–Kier alpha value is -2.23. The number of hydrogen-bond donors (Lipinski definition) is 1. The second-order valence-electron chi connectivity index (χ2n) is 4.64. The van der Waals surface area contributed by atoms with Gasteiger partial charge in [0.25, 0.3) is 0 Å². The summed E-state index contributed by atoms with van der Waals surface area (Å²) in [5.74, 6) is -1.17. The first kappa shape index (κ1) is 16.1. The summed E-state index contributed by atoms with van der Waals surface area (Å²) in [5.41, 5.74) is 0.189. The molecular formula is C14H11Cl2N3O3. The summed E-state index contributed by atoms with van der Waals surface area (Å²) in [5, 5.41) is 18.6. The molecule has 0 radical (unpaired) electrons. The van der Waals surface area contributed by atoms with Crippen molar-refractivity contribution in [3.8, 4) is 11.9 Å². The minimum atomic E-state index is -1.35. The number of aromatic nitrogens is 2. The number of fused-ring (bicyclic) bond motifs is 1. The number of ether oxygens (including phenoxy) is 1. The highest BCUT2D eigenvalue weighted by molar-refractivity contribution is 6.36. The number of halogens is 2. The molecule has 0 spiro atoms. The van der Waals surface area contributed by atoms with E-state index in [1.807, 2.05) is 0 Å². The third-order valence-electron chi connectivity index (χ3n) is 2.62. The number of hydrogen-bond acceptors (Lipinski definition) is 4. The number of pyridine rings is 1. The lowest BCUT2D eigenvalue weighted by Gasteiger charge is -2.07. The van der Waals surface area contributed by atoms with Gasteiger partial charge in [-0.2, -0.15) is 10.2 Å². The van der Waals surface area contributed by atoms with Crippen LogP contribution in [0.4, 0.5) is 0 Å². The maximum Gasteiger partial charge on any atom is 0.346 e. The molecule has 2 aromatic heterocycles. The molecule has 6 nitrogen and oxygen atoms in total. The van der Waals surface area contributed by atoms with E-state index < -0.39 is 11.5 Å². The van der Waals surface area contributed by atoms with Crippen LogP contribution in [-0.2, 0) is 4.79 Å². The lowest BCUT2D eigenvalue weighted by Crippen LogP contribution is -2.07. The normalized spacial score (nSPS) is 11.7. The zero-order valence-electron chi connectivity index (χ0n) is 11.7. The molecule has 2 rings (SSSR count). The van der Waals surface area contributed by atoms with Crippen LogP contribution in [-0.4, -0.2) is 26.6 Å². The Morgan fingerprint density at radius 2 is 2.23 bits per heavy atom. The molecule has 0 aliphatic carbocycles. The van der Waals surface area contributed by atoms with Gasteiger partial charge in [0, 0.05) is 6.20 Å². The van der Waals surface area contributed by atoms with Crippen molar-refractivity contribution < 1.29 is 14.6 Å². The molecule has 8 heteroatoms. The lowest BCUT2D eigenvalue weighted by atomic mass is 10.2. The summed E-state index contributed by atoms with van der Waals surface area (Å²) < 4.78 is 7.06. The van der Waals surface area contributed by atoms with E-state index in [1.165, 1.54) is 22.7 Å². The van der Waals surface area contributed by atoms with Crippen LogP contribution in [0.1, 0.15) is 19.5 Å². The van der Waals surface area contributed by atoms with Crippen LogP contribution < -0.4 is 4.74 Å². The fraction of sp³-hybridized carbons (Fsp3) is 0.214. The number of carboxylic acids is 1. The molecule has 0 atom stereocenters. The molecule has 2 heterocycles. The highest BCUT2D eigenvalue weighted by Crippen LogP contribution is 2.30. The maximum atomic E-state index is 11.0.